The Morgan fingerprint density at radius 3 is 2.56 bits per heavy atom. The Hall–Kier alpha value is -2.76. The highest BCUT2D eigenvalue weighted by Gasteiger charge is 2.37. The maximum Gasteiger partial charge on any atom is 0.344 e. The van der Waals surface area contributed by atoms with E-state index in [2.05, 4.69) is 0 Å². The lowest BCUT2D eigenvalue weighted by Gasteiger charge is -2.28. The van der Waals surface area contributed by atoms with Gasteiger partial charge in [-0.05, 0) is 49.4 Å². The van der Waals surface area contributed by atoms with Crippen LogP contribution in [0.3, 0.4) is 0 Å². The standard InChI is InChI=1S/C22H25ClN2O8S/c1-3-31-16-10-14(9-15(23)20(16)33-13-19(27)32-4-2)11-17-21(28)25(22(29)34-17)12-18(26)24-5-7-30-8-6-24/h9-11H,3-8,12-13H2,1-2H3/b17-11+. The van der Waals surface area contributed by atoms with Crippen LogP contribution in [0.5, 0.6) is 11.5 Å². The highest BCUT2D eigenvalue weighted by Crippen LogP contribution is 2.39. The highest BCUT2D eigenvalue weighted by molar-refractivity contribution is 8.18. The van der Waals surface area contributed by atoms with Gasteiger partial charge in [-0.3, -0.25) is 19.3 Å². The molecule has 3 rings (SSSR count). The summed E-state index contributed by atoms with van der Waals surface area (Å²) >= 11 is 7.09. The fourth-order valence-electron chi connectivity index (χ4n) is 3.24. The molecule has 2 fully saturated rings. The molecule has 0 spiro atoms. The molecule has 0 aromatic heterocycles. The topological polar surface area (TPSA) is 112 Å². The number of rotatable bonds is 9. The molecule has 0 aliphatic carbocycles. The van der Waals surface area contributed by atoms with Crippen LogP contribution in [0.1, 0.15) is 19.4 Å². The summed E-state index contributed by atoms with van der Waals surface area (Å²) in [6.45, 7) is 5.01. The van der Waals surface area contributed by atoms with Crippen molar-refractivity contribution in [2.24, 2.45) is 0 Å². The zero-order chi connectivity index (χ0) is 24.7. The molecule has 1 aromatic rings. The van der Waals surface area contributed by atoms with Crippen molar-refractivity contribution in [2.45, 2.75) is 13.8 Å². The molecule has 3 amide bonds. The van der Waals surface area contributed by atoms with Gasteiger partial charge in [0.25, 0.3) is 11.1 Å². The molecule has 0 atom stereocenters. The van der Waals surface area contributed by atoms with E-state index < -0.39 is 17.1 Å². The summed E-state index contributed by atoms with van der Waals surface area (Å²) in [5.74, 6) is -0.986. The molecular weight excluding hydrogens is 488 g/mol. The normalized spacial score (nSPS) is 17.3. The number of benzene rings is 1. The Kier molecular flexibility index (Phi) is 9.20. The van der Waals surface area contributed by atoms with Crippen LogP contribution in [0, 0.1) is 0 Å². The van der Waals surface area contributed by atoms with E-state index in [-0.39, 0.29) is 47.1 Å². The molecule has 12 heteroatoms. The number of hydrogen-bond donors (Lipinski definition) is 0. The number of carbonyl (C=O) groups excluding carboxylic acids is 4. The molecule has 0 unspecified atom stereocenters. The lowest BCUT2D eigenvalue weighted by atomic mass is 10.1. The summed E-state index contributed by atoms with van der Waals surface area (Å²) < 4.78 is 21.1. The third-order valence-corrected chi connectivity index (χ3v) is 5.99. The van der Waals surface area contributed by atoms with Gasteiger partial charge in [0.15, 0.2) is 18.1 Å². The average molecular weight is 513 g/mol. The van der Waals surface area contributed by atoms with E-state index in [9.17, 15) is 19.2 Å². The molecule has 10 nitrogen and oxygen atoms in total. The first-order valence-corrected chi connectivity index (χ1v) is 11.9. The van der Waals surface area contributed by atoms with Crippen molar-refractivity contribution in [3.63, 3.8) is 0 Å². The number of carbonyl (C=O) groups is 4. The number of amides is 3. The van der Waals surface area contributed by atoms with E-state index >= 15 is 0 Å². The number of thioether (sulfide) groups is 1. The molecule has 0 N–H and O–H groups in total. The molecule has 0 saturated carbocycles. The zero-order valence-corrected chi connectivity index (χ0v) is 20.4. The summed E-state index contributed by atoms with van der Waals surface area (Å²) in [7, 11) is 0. The molecule has 1 aromatic carbocycles. The van der Waals surface area contributed by atoms with E-state index in [1.807, 2.05) is 0 Å². The molecule has 2 aliphatic heterocycles. The monoisotopic (exact) mass is 512 g/mol. The zero-order valence-electron chi connectivity index (χ0n) is 18.8. The Balaban J connectivity index is 1.76. The number of hydrogen-bond acceptors (Lipinski definition) is 9. The minimum atomic E-state index is -0.562. The van der Waals surface area contributed by atoms with Gasteiger partial charge in [0.2, 0.25) is 5.91 Å². The van der Waals surface area contributed by atoms with Crippen LogP contribution in [0.2, 0.25) is 5.02 Å². The van der Waals surface area contributed by atoms with Gasteiger partial charge in [-0.1, -0.05) is 11.6 Å². The van der Waals surface area contributed by atoms with E-state index in [0.29, 0.717) is 38.5 Å². The summed E-state index contributed by atoms with van der Waals surface area (Å²) in [6.07, 6.45) is 1.49. The van der Waals surface area contributed by atoms with E-state index in [0.717, 1.165) is 16.7 Å². The Morgan fingerprint density at radius 1 is 1.15 bits per heavy atom. The van der Waals surface area contributed by atoms with Crippen molar-refractivity contribution < 1.29 is 38.1 Å². The van der Waals surface area contributed by atoms with Gasteiger partial charge in [-0.15, -0.1) is 0 Å². The van der Waals surface area contributed by atoms with Gasteiger partial charge in [-0.25, -0.2) is 4.79 Å². The number of morpholine rings is 1. The Labute approximate surface area is 206 Å². The first-order valence-electron chi connectivity index (χ1n) is 10.7. The summed E-state index contributed by atoms with van der Waals surface area (Å²) in [5, 5.41) is -0.369. The van der Waals surface area contributed by atoms with Crippen molar-refractivity contribution in [1.82, 2.24) is 9.80 Å². The quantitative estimate of drug-likeness (QED) is 0.364. The first-order chi connectivity index (χ1) is 16.3. The third kappa shape index (κ3) is 6.43. The lowest BCUT2D eigenvalue weighted by Crippen LogP contribution is -2.46. The molecule has 0 bridgehead atoms. The summed E-state index contributed by atoms with van der Waals surface area (Å²) in [5.41, 5.74) is 0.488. The summed E-state index contributed by atoms with van der Waals surface area (Å²) in [6, 6.07) is 3.11. The molecule has 34 heavy (non-hydrogen) atoms. The smallest absolute Gasteiger partial charge is 0.344 e. The predicted octanol–water partition coefficient (Wildman–Crippen LogP) is 2.58. The molecule has 2 heterocycles. The van der Waals surface area contributed by atoms with Crippen molar-refractivity contribution in [3.05, 3.63) is 27.6 Å². The number of nitrogens with zero attached hydrogens (tertiary/aromatic N) is 2. The van der Waals surface area contributed by atoms with Crippen LogP contribution in [0.4, 0.5) is 4.79 Å². The SMILES string of the molecule is CCOC(=O)COc1c(Cl)cc(/C=C2/SC(=O)N(CC(=O)N3CCOCC3)C2=O)cc1OCC. The first kappa shape index (κ1) is 25.9. The van der Waals surface area contributed by atoms with Gasteiger partial charge < -0.3 is 23.8 Å². The minimum absolute atomic E-state index is 0.151. The maximum absolute atomic E-state index is 12.8. The van der Waals surface area contributed by atoms with Crippen LogP contribution in [0.15, 0.2) is 17.0 Å². The molecule has 2 aliphatic rings. The molecule has 184 valence electrons. The van der Waals surface area contributed by atoms with Crippen LogP contribution in [-0.4, -0.2) is 85.5 Å². The maximum atomic E-state index is 12.8. The Bertz CT molecular complexity index is 993. The average Bonchev–Trinajstić information content (AvgIpc) is 3.06. The molecule has 2 saturated heterocycles. The van der Waals surface area contributed by atoms with Crippen molar-refractivity contribution >= 4 is 52.5 Å². The van der Waals surface area contributed by atoms with Crippen LogP contribution in [0.25, 0.3) is 6.08 Å². The van der Waals surface area contributed by atoms with Crippen molar-refractivity contribution in [3.8, 4) is 11.5 Å². The van der Waals surface area contributed by atoms with Gasteiger partial charge >= 0.3 is 5.97 Å². The second-order valence-electron chi connectivity index (χ2n) is 7.12. The van der Waals surface area contributed by atoms with Gasteiger partial charge in [-0.2, -0.15) is 0 Å². The second kappa shape index (κ2) is 12.1. The van der Waals surface area contributed by atoms with Crippen molar-refractivity contribution in [1.29, 1.82) is 0 Å². The van der Waals surface area contributed by atoms with Gasteiger partial charge in [0.05, 0.1) is 36.4 Å². The molecular formula is C22H25ClN2O8S. The van der Waals surface area contributed by atoms with Crippen LogP contribution in [-0.2, 0) is 23.9 Å². The number of ether oxygens (including phenoxy) is 4. The van der Waals surface area contributed by atoms with Gasteiger partial charge in [0, 0.05) is 13.1 Å². The fraction of sp³-hybridized carbons (Fsp3) is 0.455. The predicted molar refractivity (Wildman–Crippen MR) is 125 cm³/mol. The summed E-state index contributed by atoms with van der Waals surface area (Å²) in [4.78, 5) is 52.0. The minimum Gasteiger partial charge on any atom is -0.490 e. The largest absolute Gasteiger partial charge is 0.490 e. The third-order valence-electron chi connectivity index (χ3n) is 4.80. The number of halogens is 1. The molecule has 0 radical (unpaired) electrons. The van der Waals surface area contributed by atoms with Crippen LogP contribution < -0.4 is 9.47 Å². The fourth-order valence-corrected chi connectivity index (χ4v) is 4.36. The number of esters is 1. The van der Waals surface area contributed by atoms with Gasteiger partial charge in [0.1, 0.15) is 6.54 Å². The van der Waals surface area contributed by atoms with E-state index in [4.69, 9.17) is 30.5 Å². The van der Waals surface area contributed by atoms with E-state index in [1.165, 1.54) is 12.1 Å². The second-order valence-corrected chi connectivity index (χ2v) is 8.52. The number of imide groups is 1. The van der Waals surface area contributed by atoms with E-state index in [1.54, 1.807) is 24.8 Å². The van der Waals surface area contributed by atoms with Crippen molar-refractivity contribution in [2.75, 3.05) is 52.7 Å². The highest BCUT2D eigenvalue weighted by atomic mass is 35.5. The Morgan fingerprint density at radius 2 is 1.88 bits per heavy atom. The lowest BCUT2D eigenvalue weighted by molar-refractivity contribution is -0.145. The van der Waals surface area contributed by atoms with Crippen LogP contribution >= 0.6 is 23.4 Å².